The summed E-state index contributed by atoms with van der Waals surface area (Å²) < 4.78 is 0. The van der Waals surface area contributed by atoms with E-state index in [2.05, 4.69) is 26.1 Å². The summed E-state index contributed by atoms with van der Waals surface area (Å²) >= 11 is 0. The Hall–Kier alpha value is -0.0400. The van der Waals surface area contributed by atoms with Crippen molar-refractivity contribution in [2.45, 2.75) is 84.6 Å². The number of piperidine rings is 1. The lowest BCUT2D eigenvalue weighted by Gasteiger charge is -2.37. The van der Waals surface area contributed by atoms with Gasteiger partial charge < -0.3 is 5.32 Å². The first-order valence-corrected chi connectivity index (χ1v) is 8.29. The van der Waals surface area contributed by atoms with E-state index in [1.54, 1.807) is 0 Å². The Balaban J connectivity index is 1.64. The summed E-state index contributed by atoms with van der Waals surface area (Å²) in [5.74, 6) is 2.01. The third kappa shape index (κ3) is 4.26. The Morgan fingerprint density at radius 1 is 0.889 bits per heavy atom. The van der Waals surface area contributed by atoms with Gasteiger partial charge >= 0.3 is 0 Å². The van der Waals surface area contributed by atoms with Gasteiger partial charge in [-0.05, 0) is 62.3 Å². The Labute approximate surface area is 114 Å². The normalized spacial score (nSPS) is 34.5. The molecular formula is C17H33N. The SMILES string of the molecule is CC(C)(C)C1CCC(CCC2CCCCN2)CC1. The van der Waals surface area contributed by atoms with Crippen molar-refractivity contribution in [2.75, 3.05) is 6.54 Å². The van der Waals surface area contributed by atoms with Gasteiger partial charge in [0.15, 0.2) is 0 Å². The Morgan fingerprint density at radius 2 is 1.61 bits per heavy atom. The zero-order chi connectivity index (χ0) is 13.0. The van der Waals surface area contributed by atoms with Gasteiger partial charge in [-0.25, -0.2) is 0 Å². The van der Waals surface area contributed by atoms with Crippen LogP contribution in [0.2, 0.25) is 0 Å². The second-order valence-electron chi connectivity index (χ2n) is 7.81. The molecule has 1 heteroatoms. The molecule has 1 N–H and O–H groups in total. The maximum atomic E-state index is 3.69. The van der Waals surface area contributed by atoms with E-state index in [-0.39, 0.29) is 0 Å². The number of hydrogen-bond donors (Lipinski definition) is 1. The lowest BCUT2D eigenvalue weighted by Crippen LogP contribution is -2.34. The van der Waals surface area contributed by atoms with Crippen LogP contribution in [0.1, 0.15) is 78.6 Å². The summed E-state index contributed by atoms with van der Waals surface area (Å²) in [5.41, 5.74) is 0.538. The van der Waals surface area contributed by atoms with Gasteiger partial charge in [0.25, 0.3) is 0 Å². The first-order chi connectivity index (χ1) is 8.55. The fraction of sp³-hybridized carbons (Fsp3) is 1.00. The molecule has 0 aromatic heterocycles. The molecule has 0 amide bonds. The molecule has 1 aliphatic heterocycles. The molecular weight excluding hydrogens is 218 g/mol. The smallest absolute Gasteiger partial charge is 0.00671 e. The van der Waals surface area contributed by atoms with E-state index in [0.717, 1.165) is 17.9 Å². The predicted molar refractivity (Wildman–Crippen MR) is 79.8 cm³/mol. The minimum absolute atomic E-state index is 0.538. The molecule has 18 heavy (non-hydrogen) atoms. The molecule has 2 rings (SSSR count). The largest absolute Gasteiger partial charge is 0.314 e. The van der Waals surface area contributed by atoms with Crippen molar-refractivity contribution in [3.05, 3.63) is 0 Å². The Kier molecular flexibility index (Phi) is 5.12. The lowest BCUT2D eigenvalue weighted by atomic mass is 9.69. The maximum absolute atomic E-state index is 3.69. The average Bonchev–Trinajstić information content (AvgIpc) is 2.37. The molecule has 1 unspecified atom stereocenters. The van der Waals surface area contributed by atoms with Gasteiger partial charge in [0, 0.05) is 6.04 Å². The van der Waals surface area contributed by atoms with Gasteiger partial charge in [-0.1, -0.05) is 40.0 Å². The highest BCUT2D eigenvalue weighted by atomic mass is 14.9. The second kappa shape index (κ2) is 6.41. The van der Waals surface area contributed by atoms with Crippen LogP contribution in [0.25, 0.3) is 0 Å². The lowest BCUT2D eigenvalue weighted by molar-refractivity contribution is 0.143. The van der Waals surface area contributed by atoms with Crippen LogP contribution >= 0.6 is 0 Å². The van der Waals surface area contributed by atoms with Crippen molar-refractivity contribution in [1.29, 1.82) is 0 Å². The highest BCUT2D eigenvalue weighted by Gasteiger charge is 2.29. The molecule has 106 valence electrons. The highest BCUT2D eigenvalue weighted by Crippen LogP contribution is 2.41. The molecule has 1 nitrogen and oxygen atoms in total. The molecule has 1 heterocycles. The van der Waals surface area contributed by atoms with Crippen LogP contribution in [0, 0.1) is 17.3 Å². The van der Waals surface area contributed by atoms with Crippen LogP contribution in [0.15, 0.2) is 0 Å². The monoisotopic (exact) mass is 251 g/mol. The van der Waals surface area contributed by atoms with Crippen molar-refractivity contribution in [2.24, 2.45) is 17.3 Å². The van der Waals surface area contributed by atoms with Crippen molar-refractivity contribution in [3.8, 4) is 0 Å². The summed E-state index contributed by atoms with van der Waals surface area (Å²) in [5, 5.41) is 3.69. The average molecular weight is 251 g/mol. The van der Waals surface area contributed by atoms with E-state index in [9.17, 15) is 0 Å². The molecule has 2 aliphatic rings. The summed E-state index contributed by atoms with van der Waals surface area (Å²) in [6.07, 6.45) is 13.1. The predicted octanol–water partition coefficient (Wildman–Crippen LogP) is 4.76. The van der Waals surface area contributed by atoms with Crippen molar-refractivity contribution in [3.63, 3.8) is 0 Å². The standard InChI is InChI=1S/C17H33N/c1-17(2,3)15-10-7-14(8-11-15)9-12-16-6-4-5-13-18-16/h14-16,18H,4-13H2,1-3H3. The highest BCUT2D eigenvalue weighted by molar-refractivity contribution is 4.81. The molecule has 1 saturated heterocycles. The van der Waals surface area contributed by atoms with Gasteiger partial charge in [0.1, 0.15) is 0 Å². The van der Waals surface area contributed by atoms with E-state index in [0.29, 0.717) is 5.41 Å². The molecule has 0 aromatic carbocycles. The molecule has 2 fully saturated rings. The van der Waals surface area contributed by atoms with E-state index < -0.39 is 0 Å². The number of hydrogen-bond acceptors (Lipinski definition) is 1. The molecule has 1 aliphatic carbocycles. The molecule has 0 radical (unpaired) electrons. The maximum Gasteiger partial charge on any atom is 0.00671 e. The van der Waals surface area contributed by atoms with Gasteiger partial charge in [-0.15, -0.1) is 0 Å². The van der Waals surface area contributed by atoms with Crippen molar-refractivity contribution >= 4 is 0 Å². The van der Waals surface area contributed by atoms with Gasteiger partial charge in [0.2, 0.25) is 0 Å². The minimum Gasteiger partial charge on any atom is -0.314 e. The van der Waals surface area contributed by atoms with Gasteiger partial charge in [0.05, 0.1) is 0 Å². The fourth-order valence-corrected chi connectivity index (χ4v) is 3.92. The summed E-state index contributed by atoms with van der Waals surface area (Å²) in [6.45, 7) is 8.53. The molecule has 1 saturated carbocycles. The topological polar surface area (TPSA) is 12.0 Å². The molecule has 0 aromatic rings. The van der Waals surface area contributed by atoms with Crippen LogP contribution in [0.3, 0.4) is 0 Å². The quantitative estimate of drug-likeness (QED) is 0.762. The molecule has 1 atom stereocenters. The van der Waals surface area contributed by atoms with E-state index in [1.807, 2.05) is 0 Å². The summed E-state index contributed by atoms with van der Waals surface area (Å²) in [6, 6.07) is 0.846. The van der Waals surface area contributed by atoms with E-state index in [1.165, 1.54) is 64.3 Å². The summed E-state index contributed by atoms with van der Waals surface area (Å²) in [7, 11) is 0. The first kappa shape index (κ1) is 14.4. The Bertz CT molecular complexity index is 226. The fourth-order valence-electron chi connectivity index (χ4n) is 3.92. The van der Waals surface area contributed by atoms with Crippen molar-refractivity contribution < 1.29 is 0 Å². The van der Waals surface area contributed by atoms with Crippen LogP contribution < -0.4 is 5.32 Å². The number of nitrogens with one attached hydrogen (secondary N) is 1. The van der Waals surface area contributed by atoms with E-state index in [4.69, 9.17) is 0 Å². The third-order valence-corrected chi connectivity index (χ3v) is 5.41. The first-order valence-electron chi connectivity index (χ1n) is 8.29. The summed E-state index contributed by atoms with van der Waals surface area (Å²) in [4.78, 5) is 0. The van der Waals surface area contributed by atoms with Crippen LogP contribution in [-0.4, -0.2) is 12.6 Å². The van der Waals surface area contributed by atoms with Crippen LogP contribution in [-0.2, 0) is 0 Å². The van der Waals surface area contributed by atoms with Crippen LogP contribution in [0.4, 0.5) is 0 Å². The van der Waals surface area contributed by atoms with E-state index >= 15 is 0 Å². The molecule has 0 spiro atoms. The zero-order valence-corrected chi connectivity index (χ0v) is 12.8. The van der Waals surface area contributed by atoms with Crippen molar-refractivity contribution in [1.82, 2.24) is 5.32 Å². The van der Waals surface area contributed by atoms with Crippen LogP contribution in [0.5, 0.6) is 0 Å². The number of rotatable bonds is 3. The zero-order valence-electron chi connectivity index (χ0n) is 12.8. The van der Waals surface area contributed by atoms with Gasteiger partial charge in [-0.2, -0.15) is 0 Å². The third-order valence-electron chi connectivity index (χ3n) is 5.41. The Morgan fingerprint density at radius 3 is 2.17 bits per heavy atom. The minimum atomic E-state index is 0.538. The van der Waals surface area contributed by atoms with Gasteiger partial charge in [-0.3, -0.25) is 0 Å². The molecule has 0 bridgehead atoms. The second-order valence-corrected chi connectivity index (χ2v) is 7.81.